The van der Waals surface area contributed by atoms with E-state index in [2.05, 4.69) is 212 Å². The number of hydrogen-bond donors (Lipinski definition) is 0. The summed E-state index contributed by atoms with van der Waals surface area (Å²) in [5, 5.41) is 7.32. The summed E-state index contributed by atoms with van der Waals surface area (Å²) in [5.41, 5.74) is 15.4. The SMILES string of the molecule is CC(C)(C)c1ccc(N2c3cc4ccccc4c4c3B(c3c2sc2cc5ccccc5cc32)N(c2ccc(-c3ccccc3)cc2)c2cc3c(cc2-4)Oc2ccccc2O3)c(-c2ccccc2)c1. The monoisotopic (exact) mass is 890 g/mol. The molecule has 11 aromatic rings. The Morgan fingerprint density at radius 2 is 1.06 bits per heavy atom. The Hall–Kier alpha value is -8.06. The smallest absolute Gasteiger partial charge is 0.334 e. The predicted octanol–water partition coefficient (Wildman–Crippen LogP) is 16.4. The highest BCUT2D eigenvalue weighted by molar-refractivity contribution is 7.26. The number of benzene rings is 10. The molecule has 3 aliphatic heterocycles. The molecule has 0 N–H and O–H groups in total. The van der Waals surface area contributed by atoms with Crippen molar-refractivity contribution in [3.05, 3.63) is 212 Å². The molecule has 0 atom stereocenters. The minimum atomic E-state index is -0.218. The summed E-state index contributed by atoms with van der Waals surface area (Å²) >= 11 is 1.90. The van der Waals surface area contributed by atoms with Gasteiger partial charge in [-0.3, -0.25) is 0 Å². The zero-order valence-electron chi connectivity index (χ0n) is 37.8. The van der Waals surface area contributed by atoms with E-state index in [1.54, 1.807) is 0 Å². The van der Waals surface area contributed by atoms with E-state index in [0.717, 1.165) is 22.6 Å². The number of anilines is 5. The fraction of sp³-hybridized carbons (Fsp3) is 0.0645. The molecule has 10 aromatic carbocycles. The van der Waals surface area contributed by atoms with E-state index in [4.69, 9.17) is 9.47 Å². The van der Waals surface area contributed by atoms with Gasteiger partial charge in [-0.25, -0.2) is 0 Å². The Balaban J connectivity index is 1.13. The van der Waals surface area contributed by atoms with E-state index in [1.165, 1.54) is 86.6 Å². The van der Waals surface area contributed by atoms with Gasteiger partial charge in [-0.2, -0.15) is 0 Å². The van der Waals surface area contributed by atoms with E-state index < -0.39 is 0 Å². The maximum atomic E-state index is 6.77. The number of hydrogen-bond acceptors (Lipinski definition) is 5. The average molecular weight is 891 g/mol. The largest absolute Gasteiger partial charge is 0.449 e. The van der Waals surface area contributed by atoms with Gasteiger partial charge in [0.05, 0.1) is 10.7 Å². The topological polar surface area (TPSA) is 24.9 Å². The molecule has 14 rings (SSSR count). The lowest BCUT2D eigenvalue weighted by Crippen LogP contribution is -2.61. The molecule has 0 unspecified atom stereocenters. The van der Waals surface area contributed by atoms with Crippen LogP contribution >= 0.6 is 11.3 Å². The Kier molecular flexibility index (Phi) is 8.47. The van der Waals surface area contributed by atoms with Gasteiger partial charge in [-0.05, 0) is 132 Å². The first-order chi connectivity index (χ1) is 33.3. The average Bonchev–Trinajstić information content (AvgIpc) is 3.74. The van der Waals surface area contributed by atoms with Crippen LogP contribution in [0.1, 0.15) is 26.3 Å². The van der Waals surface area contributed by atoms with E-state index >= 15 is 0 Å². The van der Waals surface area contributed by atoms with Crippen LogP contribution in [-0.4, -0.2) is 6.85 Å². The van der Waals surface area contributed by atoms with Gasteiger partial charge in [0, 0.05) is 39.0 Å². The van der Waals surface area contributed by atoms with Crippen molar-refractivity contribution in [2.75, 3.05) is 9.71 Å². The van der Waals surface area contributed by atoms with E-state index in [0.29, 0.717) is 23.0 Å². The van der Waals surface area contributed by atoms with E-state index in [1.807, 2.05) is 35.6 Å². The molecule has 4 nitrogen and oxygen atoms in total. The molecule has 3 aliphatic rings. The van der Waals surface area contributed by atoms with Crippen LogP contribution in [0.5, 0.6) is 23.0 Å². The van der Waals surface area contributed by atoms with Crippen LogP contribution < -0.4 is 30.1 Å². The van der Waals surface area contributed by atoms with Crippen molar-refractivity contribution in [2.45, 2.75) is 26.2 Å². The van der Waals surface area contributed by atoms with Crippen LogP contribution in [0.2, 0.25) is 0 Å². The first-order valence-electron chi connectivity index (χ1n) is 23.4. The molecule has 0 amide bonds. The molecule has 4 heterocycles. The van der Waals surface area contributed by atoms with Crippen LogP contribution in [0.15, 0.2) is 206 Å². The summed E-state index contributed by atoms with van der Waals surface area (Å²) in [6, 6.07) is 75.3. The number of thiophene rings is 1. The quantitative estimate of drug-likeness (QED) is 0.164. The number of para-hydroxylation sites is 2. The van der Waals surface area contributed by atoms with Crippen LogP contribution in [-0.2, 0) is 5.41 Å². The lowest BCUT2D eigenvalue weighted by molar-refractivity contribution is 0.360. The molecular formula is C62H43BN2O2S. The van der Waals surface area contributed by atoms with Gasteiger partial charge in [0.25, 0.3) is 0 Å². The number of ether oxygens (including phenoxy) is 2. The second-order valence-corrected chi connectivity index (χ2v) is 20.3. The number of rotatable bonds is 4. The van der Waals surface area contributed by atoms with E-state index in [-0.39, 0.29) is 12.3 Å². The molecule has 0 aliphatic carbocycles. The summed E-state index contributed by atoms with van der Waals surface area (Å²) in [6.45, 7) is 6.70. The van der Waals surface area contributed by atoms with Gasteiger partial charge in [0.2, 0.25) is 0 Å². The Morgan fingerprint density at radius 1 is 0.441 bits per heavy atom. The summed E-state index contributed by atoms with van der Waals surface area (Å²) in [4.78, 5) is 5.20. The highest BCUT2D eigenvalue weighted by atomic mass is 32.1. The lowest BCUT2D eigenvalue weighted by Gasteiger charge is -2.45. The first kappa shape index (κ1) is 39.1. The minimum Gasteiger partial charge on any atom is -0.449 e. The van der Waals surface area contributed by atoms with Crippen molar-refractivity contribution in [1.82, 2.24) is 0 Å². The molecule has 1 aromatic heterocycles. The summed E-state index contributed by atoms with van der Waals surface area (Å²) in [5.74, 6) is 2.82. The molecule has 0 radical (unpaired) electrons. The standard InChI is InChI=1S/C62H43BN2O2S/c1-62(2,3)44-28-31-50(47(35-44)40-18-8-5-9-19-40)64-52-33-43-22-12-13-23-46(43)58-48-36-55-56(67-54-25-15-14-24-53(54)66-55)37-51(48)65(45-29-26-39(27-30-45)38-16-6-4-7-17-38)63(60(52)58)59-49-32-41-20-10-11-21-42(41)34-57(49)68-61(59)64/h4-37H,1-3H3. The van der Waals surface area contributed by atoms with Gasteiger partial charge in [0.1, 0.15) is 0 Å². The third-order valence-corrected chi connectivity index (χ3v) is 15.4. The van der Waals surface area contributed by atoms with Gasteiger partial charge in [-0.15, -0.1) is 11.3 Å². The van der Waals surface area contributed by atoms with Crippen LogP contribution in [0.25, 0.3) is 65.0 Å². The van der Waals surface area contributed by atoms with Crippen molar-refractivity contribution in [1.29, 1.82) is 0 Å². The highest BCUT2D eigenvalue weighted by Gasteiger charge is 2.48. The molecule has 0 saturated heterocycles. The van der Waals surface area contributed by atoms with Gasteiger partial charge in [-0.1, -0.05) is 160 Å². The molecule has 0 bridgehead atoms. The second-order valence-electron chi connectivity index (χ2n) is 19.3. The highest BCUT2D eigenvalue weighted by Crippen LogP contribution is 2.57. The normalized spacial score (nSPS) is 13.4. The third kappa shape index (κ3) is 5.93. The molecular weight excluding hydrogens is 848 g/mol. The first-order valence-corrected chi connectivity index (χ1v) is 24.2. The molecule has 6 heteroatoms. The molecule has 0 saturated carbocycles. The maximum Gasteiger partial charge on any atom is 0.334 e. The summed E-state index contributed by atoms with van der Waals surface area (Å²) in [6.07, 6.45) is 0. The lowest BCUT2D eigenvalue weighted by atomic mass is 9.43. The molecule has 322 valence electrons. The van der Waals surface area contributed by atoms with E-state index in [9.17, 15) is 0 Å². The van der Waals surface area contributed by atoms with Crippen molar-refractivity contribution >= 4 is 88.5 Å². The maximum absolute atomic E-state index is 6.77. The predicted molar refractivity (Wildman–Crippen MR) is 287 cm³/mol. The molecule has 0 spiro atoms. The van der Waals surface area contributed by atoms with Crippen molar-refractivity contribution in [2.24, 2.45) is 0 Å². The van der Waals surface area contributed by atoms with Crippen LogP contribution in [0.4, 0.5) is 27.8 Å². The van der Waals surface area contributed by atoms with Crippen LogP contribution in [0, 0.1) is 0 Å². The Labute approximate surface area is 400 Å². The minimum absolute atomic E-state index is 0.0498. The number of fused-ring (bicyclic) bond motifs is 11. The Morgan fingerprint density at radius 3 is 1.78 bits per heavy atom. The fourth-order valence-electron chi connectivity index (χ4n) is 11.0. The summed E-state index contributed by atoms with van der Waals surface area (Å²) in [7, 11) is 0. The fourth-order valence-corrected chi connectivity index (χ4v) is 12.2. The zero-order chi connectivity index (χ0) is 45.3. The molecule has 68 heavy (non-hydrogen) atoms. The van der Waals surface area contributed by atoms with Crippen molar-refractivity contribution in [3.8, 4) is 56.4 Å². The van der Waals surface area contributed by atoms with Gasteiger partial charge in [0.15, 0.2) is 23.0 Å². The summed E-state index contributed by atoms with van der Waals surface area (Å²) < 4.78 is 14.8. The van der Waals surface area contributed by atoms with Gasteiger partial charge < -0.3 is 19.2 Å². The number of nitrogens with zero attached hydrogens (tertiary/aromatic N) is 2. The molecule has 0 fully saturated rings. The Bertz CT molecular complexity index is 3860. The van der Waals surface area contributed by atoms with Crippen molar-refractivity contribution < 1.29 is 9.47 Å². The van der Waals surface area contributed by atoms with Crippen LogP contribution in [0.3, 0.4) is 0 Å². The van der Waals surface area contributed by atoms with Gasteiger partial charge >= 0.3 is 6.85 Å². The second kappa shape index (κ2) is 14.7. The zero-order valence-corrected chi connectivity index (χ0v) is 38.6. The van der Waals surface area contributed by atoms with Crippen molar-refractivity contribution in [3.63, 3.8) is 0 Å². The third-order valence-electron chi connectivity index (χ3n) is 14.2.